The molecule has 0 atom stereocenters. The molecule has 4 rings (SSSR count). The number of benzene rings is 2. The molecule has 2 aromatic heterocycles. The molecule has 0 bridgehead atoms. The van der Waals surface area contributed by atoms with Crippen LogP contribution in [0.5, 0.6) is 0 Å². The molecule has 5 nitrogen and oxygen atoms in total. The van der Waals surface area contributed by atoms with Crippen molar-refractivity contribution in [2.45, 2.75) is 11.1 Å². The van der Waals surface area contributed by atoms with E-state index in [0.717, 1.165) is 15.4 Å². The molecule has 1 amide bonds. The first kappa shape index (κ1) is 21.4. The highest BCUT2D eigenvalue weighted by atomic mass is 79.9. The Hall–Kier alpha value is -2.85. The van der Waals surface area contributed by atoms with E-state index in [1.165, 1.54) is 17.8 Å². The van der Waals surface area contributed by atoms with E-state index in [9.17, 15) is 18.0 Å². The summed E-state index contributed by atoms with van der Waals surface area (Å²) in [4.78, 5) is 17.8. The van der Waals surface area contributed by atoms with E-state index in [-0.39, 0.29) is 17.0 Å². The largest absolute Gasteiger partial charge is 0.433 e. The molecule has 0 aliphatic heterocycles. The Morgan fingerprint density at radius 3 is 2.48 bits per heavy atom. The number of carbonyl (C=O) groups excluding carboxylic acids is 1. The lowest BCUT2D eigenvalue weighted by Gasteiger charge is -2.11. The van der Waals surface area contributed by atoms with Gasteiger partial charge in [-0.1, -0.05) is 40.2 Å². The summed E-state index contributed by atoms with van der Waals surface area (Å²) in [6, 6.07) is 16.0. The van der Waals surface area contributed by atoms with Crippen LogP contribution in [-0.2, 0) is 6.18 Å². The highest BCUT2D eigenvalue weighted by Crippen LogP contribution is 2.33. The first-order valence-electron chi connectivity index (χ1n) is 8.94. The standard InChI is InChI=1S/C21H14BrF3N4OS/c1-31-17-5-3-2-4-14(17)27-20(30)16-11-19-26-15(12-6-8-13(22)9-7-12)10-18(21(23,24)25)29(19)28-16/h2-11H,1H3,(H,27,30). The van der Waals surface area contributed by atoms with Crippen LogP contribution in [0.2, 0.25) is 0 Å². The number of thioether (sulfide) groups is 1. The van der Waals surface area contributed by atoms with Gasteiger partial charge in [-0.2, -0.15) is 18.3 Å². The maximum atomic E-state index is 13.7. The lowest BCUT2D eigenvalue weighted by atomic mass is 10.1. The van der Waals surface area contributed by atoms with E-state index in [1.807, 2.05) is 18.4 Å². The van der Waals surface area contributed by atoms with Crippen LogP contribution in [0, 0.1) is 0 Å². The number of nitrogens with one attached hydrogen (secondary N) is 1. The summed E-state index contributed by atoms with van der Waals surface area (Å²) in [6.45, 7) is 0. The smallest absolute Gasteiger partial charge is 0.320 e. The van der Waals surface area contributed by atoms with Gasteiger partial charge in [-0.15, -0.1) is 11.8 Å². The molecule has 10 heteroatoms. The van der Waals surface area contributed by atoms with Crippen LogP contribution in [0.4, 0.5) is 18.9 Å². The maximum absolute atomic E-state index is 13.7. The molecule has 0 radical (unpaired) electrons. The van der Waals surface area contributed by atoms with Crippen molar-refractivity contribution in [3.63, 3.8) is 0 Å². The summed E-state index contributed by atoms with van der Waals surface area (Å²) in [5.74, 6) is -0.620. The molecule has 0 saturated carbocycles. The lowest BCUT2D eigenvalue weighted by Crippen LogP contribution is -2.16. The van der Waals surface area contributed by atoms with Gasteiger partial charge in [0.2, 0.25) is 0 Å². The number of rotatable bonds is 4. The number of amides is 1. The van der Waals surface area contributed by atoms with E-state index in [0.29, 0.717) is 15.8 Å². The molecule has 158 valence electrons. The fourth-order valence-corrected chi connectivity index (χ4v) is 3.81. The minimum atomic E-state index is -4.68. The van der Waals surface area contributed by atoms with E-state index in [2.05, 4.69) is 31.3 Å². The zero-order valence-corrected chi connectivity index (χ0v) is 18.3. The Balaban J connectivity index is 1.78. The van der Waals surface area contributed by atoms with Crippen molar-refractivity contribution >= 4 is 44.9 Å². The number of aromatic nitrogens is 3. The predicted molar refractivity (Wildman–Crippen MR) is 117 cm³/mol. The summed E-state index contributed by atoms with van der Waals surface area (Å²) >= 11 is 4.74. The van der Waals surface area contributed by atoms with E-state index < -0.39 is 17.8 Å². The molecule has 0 spiro atoms. The molecular weight excluding hydrogens is 493 g/mol. The summed E-state index contributed by atoms with van der Waals surface area (Å²) in [5, 5.41) is 6.59. The molecular formula is C21H14BrF3N4OS. The van der Waals surface area contributed by atoms with Crippen molar-refractivity contribution in [3.05, 3.63) is 76.5 Å². The second kappa shape index (κ2) is 8.35. The Bertz CT molecular complexity index is 1270. The third kappa shape index (κ3) is 4.45. The topological polar surface area (TPSA) is 59.3 Å². The number of nitrogens with zero attached hydrogens (tertiary/aromatic N) is 3. The van der Waals surface area contributed by atoms with Gasteiger partial charge in [-0.25, -0.2) is 9.50 Å². The summed E-state index contributed by atoms with van der Waals surface area (Å²) < 4.78 is 42.6. The molecule has 0 aliphatic carbocycles. The molecule has 1 N–H and O–H groups in total. The minimum absolute atomic E-state index is 0.0731. The van der Waals surface area contributed by atoms with Crippen molar-refractivity contribution in [2.75, 3.05) is 11.6 Å². The van der Waals surface area contributed by atoms with Gasteiger partial charge >= 0.3 is 6.18 Å². The van der Waals surface area contributed by atoms with Crippen LogP contribution in [-0.4, -0.2) is 26.8 Å². The number of fused-ring (bicyclic) bond motifs is 1. The Labute approximate surface area is 187 Å². The monoisotopic (exact) mass is 506 g/mol. The van der Waals surface area contributed by atoms with Crippen LogP contribution in [0.25, 0.3) is 16.9 Å². The summed E-state index contributed by atoms with van der Waals surface area (Å²) in [6.07, 6.45) is -2.82. The number of para-hydroxylation sites is 1. The average Bonchev–Trinajstić information content (AvgIpc) is 3.17. The summed E-state index contributed by atoms with van der Waals surface area (Å²) in [7, 11) is 0. The van der Waals surface area contributed by atoms with E-state index >= 15 is 0 Å². The highest BCUT2D eigenvalue weighted by molar-refractivity contribution is 9.10. The van der Waals surface area contributed by atoms with Gasteiger partial charge in [0.1, 0.15) is 0 Å². The van der Waals surface area contributed by atoms with Gasteiger partial charge in [0, 0.05) is 21.0 Å². The van der Waals surface area contributed by atoms with Crippen LogP contribution < -0.4 is 5.32 Å². The van der Waals surface area contributed by atoms with Crippen molar-refractivity contribution in [1.29, 1.82) is 0 Å². The van der Waals surface area contributed by atoms with Gasteiger partial charge in [0.05, 0.1) is 11.4 Å². The number of halogens is 4. The Morgan fingerprint density at radius 2 is 1.81 bits per heavy atom. The van der Waals surface area contributed by atoms with Crippen LogP contribution >= 0.6 is 27.7 Å². The second-order valence-corrected chi connectivity index (χ2v) is 8.25. The SMILES string of the molecule is CSc1ccccc1NC(=O)c1cc2nc(-c3ccc(Br)cc3)cc(C(F)(F)F)n2n1. The molecule has 2 aromatic carbocycles. The molecule has 0 aliphatic rings. The number of alkyl halides is 3. The van der Waals surface area contributed by atoms with Gasteiger partial charge in [-0.05, 0) is 36.6 Å². The van der Waals surface area contributed by atoms with Crippen molar-refractivity contribution in [3.8, 4) is 11.3 Å². The van der Waals surface area contributed by atoms with Crippen LogP contribution in [0.3, 0.4) is 0 Å². The molecule has 2 heterocycles. The van der Waals surface area contributed by atoms with Gasteiger partial charge in [0.25, 0.3) is 5.91 Å². The first-order chi connectivity index (χ1) is 14.8. The van der Waals surface area contributed by atoms with Crippen LogP contribution in [0.1, 0.15) is 16.2 Å². The molecule has 0 saturated heterocycles. The van der Waals surface area contributed by atoms with E-state index in [1.54, 1.807) is 36.4 Å². The fourth-order valence-electron chi connectivity index (χ4n) is 2.99. The first-order valence-corrected chi connectivity index (χ1v) is 11.0. The highest BCUT2D eigenvalue weighted by Gasteiger charge is 2.35. The Kier molecular flexibility index (Phi) is 5.76. The van der Waals surface area contributed by atoms with Crippen LogP contribution in [0.15, 0.2) is 70.0 Å². The van der Waals surface area contributed by atoms with Gasteiger partial charge in [0.15, 0.2) is 17.0 Å². The number of hydrogen-bond acceptors (Lipinski definition) is 4. The normalized spacial score (nSPS) is 11.6. The number of hydrogen-bond donors (Lipinski definition) is 1. The zero-order chi connectivity index (χ0) is 22.2. The summed E-state index contributed by atoms with van der Waals surface area (Å²) in [5.41, 5.74) is -0.0577. The third-order valence-electron chi connectivity index (χ3n) is 4.45. The number of carbonyl (C=O) groups is 1. The van der Waals surface area contributed by atoms with Crippen molar-refractivity contribution in [1.82, 2.24) is 14.6 Å². The minimum Gasteiger partial charge on any atom is -0.320 e. The average molecular weight is 507 g/mol. The predicted octanol–water partition coefficient (Wildman–Crippen LogP) is 6.15. The zero-order valence-electron chi connectivity index (χ0n) is 15.9. The van der Waals surface area contributed by atoms with Crippen molar-refractivity contribution < 1.29 is 18.0 Å². The number of anilines is 1. The maximum Gasteiger partial charge on any atom is 0.433 e. The Morgan fingerprint density at radius 1 is 1.10 bits per heavy atom. The lowest BCUT2D eigenvalue weighted by molar-refractivity contribution is -0.142. The quantitative estimate of drug-likeness (QED) is 0.337. The second-order valence-electron chi connectivity index (χ2n) is 6.49. The molecule has 4 aromatic rings. The van der Waals surface area contributed by atoms with Crippen molar-refractivity contribution in [2.24, 2.45) is 0 Å². The molecule has 0 fully saturated rings. The molecule has 0 unspecified atom stereocenters. The van der Waals surface area contributed by atoms with E-state index in [4.69, 9.17) is 0 Å². The van der Waals surface area contributed by atoms with Gasteiger partial charge in [-0.3, -0.25) is 4.79 Å². The fraction of sp³-hybridized carbons (Fsp3) is 0.0952. The third-order valence-corrected chi connectivity index (χ3v) is 5.77. The molecule has 31 heavy (non-hydrogen) atoms. The van der Waals surface area contributed by atoms with Gasteiger partial charge < -0.3 is 5.32 Å².